The molecule has 0 aromatic heterocycles. The lowest BCUT2D eigenvalue weighted by Gasteiger charge is -2.13. The highest BCUT2D eigenvalue weighted by Gasteiger charge is 2.26. The largest absolute Gasteiger partial charge is 0.496 e. The molecule has 0 unspecified atom stereocenters. The van der Waals surface area contributed by atoms with Gasteiger partial charge in [-0.1, -0.05) is 25.8 Å². The van der Waals surface area contributed by atoms with E-state index >= 15 is 0 Å². The average molecular weight is 232 g/mol. The summed E-state index contributed by atoms with van der Waals surface area (Å²) in [6.45, 7) is 2.10. The van der Waals surface area contributed by atoms with Gasteiger partial charge in [0.15, 0.2) is 5.78 Å². The van der Waals surface area contributed by atoms with Crippen molar-refractivity contribution < 1.29 is 9.53 Å². The molecule has 92 valence electrons. The van der Waals surface area contributed by atoms with E-state index in [0.717, 1.165) is 30.6 Å². The van der Waals surface area contributed by atoms with Crippen LogP contribution in [0.4, 0.5) is 0 Å². The fraction of sp³-hybridized carbons (Fsp3) is 0.533. The van der Waals surface area contributed by atoms with E-state index in [0.29, 0.717) is 0 Å². The summed E-state index contributed by atoms with van der Waals surface area (Å²) in [5, 5.41) is 0. The third-order valence-corrected chi connectivity index (χ3v) is 3.66. The lowest BCUT2D eigenvalue weighted by atomic mass is 9.94. The highest BCUT2D eigenvalue weighted by molar-refractivity contribution is 6.00. The summed E-state index contributed by atoms with van der Waals surface area (Å²) in [5.74, 6) is 1.21. The summed E-state index contributed by atoms with van der Waals surface area (Å²) in [4.78, 5) is 12.4. The maximum atomic E-state index is 12.4. The number of carbonyl (C=O) groups is 1. The van der Waals surface area contributed by atoms with Crippen molar-refractivity contribution in [3.8, 4) is 5.75 Å². The number of hydrogen-bond donors (Lipinski definition) is 0. The van der Waals surface area contributed by atoms with E-state index in [1.54, 1.807) is 7.11 Å². The molecule has 0 amide bonds. The van der Waals surface area contributed by atoms with Crippen molar-refractivity contribution in [3.63, 3.8) is 0 Å². The van der Waals surface area contributed by atoms with Crippen LogP contribution in [0.2, 0.25) is 0 Å². The van der Waals surface area contributed by atoms with E-state index in [1.807, 2.05) is 18.2 Å². The Hall–Kier alpha value is -1.31. The van der Waals surface area contributed by atoms with Crippen LogP contribution in [-0.2, 0) is 6.42 Å². The number of ether oxygens (including phenoxy) is 1. The van der Waals surface area contributed by atoms with Crippen LogP contribution in [-0.4, -0.2) is 12.9 Å². The highest BCUT2D eigenvalue weighted by Crippen LogP contribution is 2.31. The molecule has 2 rings (SSSR count). The van der Waals surface area contributed by atoms with Gasteiger partial charge in [0, 0.05) is 5.92 Å². The summed E-state index contributed by atoms with van der Waals surface area (Å²) in [5.41, 5.74) is 1.98. The average Bonchev–Trinajstić information content (AvgIpc) is 2.91. The van der Waals surface area contributed by atoms with Crippen molar-refractivity contribution in [2.75, 3.05) is 7.11 Å². The molecule has 1 aromatic rings. The van der Waals surface area contributed by atoms with E-state index < -0.39 is 0 Å². The van der Waals surface area contributed by atoms with Crippen LogP contribution in [0.1, 0.15) is 48.5 Å². The first-order valence-electron chi connectivity index (χ1n) is 6.47. The molecule has 17 heavy (non-hydrogen) atoms. The second kappa shape index (κ2) is 5.35. The Kier molecular flexibility index (Phi) is 3.82. The minimum Gasteiger partial charge on any atom is -0.496 e. The van der Waals surface area contributed by atoms with Crippen molar-refractivity contribution in [1.29, 1.82) is 0 Å². The predicted molar refractivity (Wildman–Crippen MR) is 68.7 cm³/mol. The number of benzene rings is 1. The number of Topliss-reactive ketones (excluding diaryl/α,β-unsaturated/α-hetero) is 1. The number of hydrogen-bond acceptors (Lipinski definition) is 2. The number of ketones is 1. The van der Waals surface area contributed by atoms with Gasteiger partial charge in [-0.05, 0) is 37.0 Å². The van der Waals surface area contributed by atoms with Crippen LogP contribution in [0.25, 0.3) is 0 Å². The zero-order chi connectivity index (χ0) is 12.3. The van der Waals surface area contributed by atoms with Gasteiger partial charge in [0.05, 0.1) is 12.7 Å². The van der Waals surface area contributed by atoms with Crippen LogP contribution >= 0.6 is 0 Å². The number of methoxy groups -OCH3 is 1. The Morgan fingerprint density at radius 1 is 1.35 bits per heavy atom. The molecular weight excluding hydrogens is 212 g/mol. The Morgan fingerprint density at radius 2 is 2.06 bits per heavy atom. The van der Waals surface area contributed by atoms with Crippen molar-refractivity contribution in [2.24, 2.45) is 5.92 Å². The lowest BCUT2D eigenvalue weighted by Crippen LogP contribution is -2.12. The third kappa shape index (κ3) is 2.51. The fourth-order valence-electron chi connectivity index (χ4n) is 2.58. The van der Waals surface area contributed by atoms with Gasteiger partial charge in [-0.25, -0.2) is 0 Å². The van der Waals surface area contributed by atoms with Crippen molar-refractivity contribution in [3.05, 3.63) is 29.3 Å². The van der Waals surface area contributed by atoms with Crippen molar-refractivity contribution >= 4 is 5.78 Å². The number of aryl methyl sites for hydroxylation is 1. The molecule has 0 saturated heterocycles. The topological polar surface area (TPSA) is 26.3 Å². The summed E-state index contributed by atoms with van der Waals surface area (Å²) in [6.07, 6.45) is 5.41. The second-order valence-electron chi connectivity index (χ2n) is 4.73. The van der Waals surface area contributed by atoms with E-state index in [4.69, 9.17) is 4.74 Å². The van der Waals surface area contributed by atoms with Gasteiger partial charge in [0.25, 0.3) is 0 Å². The number of rotatable bonds is 4. The molecule has 0 spiro atoms. The molecule has 0 bridgehead atoms. The van der Waals surface area contributed by atoms with Crippen molar-refractivity contribution in [1.82, 2.24) is 0 Å². The van der Waals surface area contributed by atoms with Crippen LogP contribution in [0.5, 0.6) is 5.75 Å². The summed E-state index contributed by atoms with van der Waals surface area (Å²) in [6, 6.07) is 5.95. The quantitative estimate of drug-likeness (QED) is 0.741. The Morgan fingerprint density at radius 3 is 2.65 bits per heavy atom. The lowest BCUT2D eigenvalue weighted by molar-refractivity contribution is 0.0919. The molecule has 0 N–H and O–H groups in total. The molecule has 0 radical (unpaired) electrons. The molecule has 1 aliphatic carbocycles. The molecule has 1 aliphatic rings. The minimum absolute atomic E-state index is 0.219. The van der Waals surface area contributed by atoms with Crippen LogP contribution in [0, 0.1) is 5.92 Å². The number of carbonyl (C=O) groups excluding carboxylic acids is 1. The third-order valence-electron chi connectivity index (χ3n) is 3.66. The van der Waals surface area contributed by atoms with Gasteiger partial charge in [0.1, 0.15) is 5.75 Å². The van der Waals surface area contributed by atoms with Crippen molar-refractivity contribution in [2.45, 2.75) is 39.0 Å². The van der Waals surface area contributed by atoms with Crippen LogP contribution in [0.15, 0.2) is 18.2 Å². The first-order valence-corrected chi connectivity index (χ1v) is 6.47. The molecule has 2 heteroatoms. The Balaban J connectivity index is 2.30. The SMILES string of the molecule is CCc1ccc(OC)c(C(=O)C2CCCC2)c1. The smallest absolute Gasteiger partial charge is 0.169 e. The van der Waals surface area contributed by atoms with E-state index in [1.165, 1.54) is 18.4 Å². The van der Waals surface area contributed by atoms with Crippen LogP contribution in [0.3, 0.4) is 0 Å². The molecule has 2 nitrogen and oxygen atoms in total. The maximum Gasteiger partial charge on any atom is 0.169 e. The first-order chi connectivity index (χ1) is 8.26. The molecule has 0 heterocycles. The van der Waals surface area contributed by atoms with E-state index in [9.17, 15) is 4.79 Å². The molecule has 1 saturated carbocycles. The predicted octanol–water partition coefficient (Wildman–Crippen LogP) is 3.63. The zero-order valence-corrected chi connectivity index (χ0v) is 10.7. The molecule has 1 fully saturated rings. The maximum absolute atomic E-state index is 12.4. The van der Waals surface area contributed by atoms with E-state index in [-0.39, 0.29) is 11.7 Å². The molecular formula is C15H20O2. The first kappa shape index (κ1) is 12.2. The minimum atomic E-state index is 0.219. The Labute approximate surface area is 103 Å². The normalized spacial score (nSPS) is 16.1. The Bertz CT molecular complexity index is 403. The van der Waals surface area contributed by atoms with Gasteiger partial charge >= 0.3 is 0 Å². The van der Waals surface area contributed by atoms with Gasteiger partial charge in [-0.15, -0.1) is 0 Å². The van der Waals surface area contributed by atoms with Gasteiger partial charge in [-0.2, -0.15) is 0 Å². The zero-order valence-electron chi connectivity index (χ0n) is 10.7. The fourth-order valence-corrected chi connectivity index (χ4v) is 2.58. The summed E-state index contributed by atoms with van der Waals surface area (Å²) in [7, 11) is 1.63. The van der Waals surface area contributed by atoms with Gasteiger partial charge in [-0.3, -0.25) is 4.79 Å². The molecule has 0 atom stereocenters. The monoisotopic (exact) mass is 232 g/mol. The highest BCUT2D eigenvalue weighted by atomic mass is 16.5. The van der Waals surface area contributed by atoms with Crippen LogP contribution < -0.4 is 4.74 Å². The summed E-state index contributed by atoms with van der Waals surface area (Å²) < 4.78 is 5.30. The summed E-state index contributed by atoms with van der Waals surface area (Å²) >= 11 is 0. The standard InChI is InChI=1S/C15H20O2/c1-3-11-8-9-14(17-2)13(10-11)15(16)12-6-4-5-7-12/h8-10,12H,3-7H2,1-2H3. The van der Waals surface area contributed by atoms with Gasteiger partial charge in [0.2, 0.25) is 0 Å². The second-order valence-corrected chi connectivity index (χ2v) is 4.73. The molecule has 1 aromatic carbocycles. The molecule has 0 aliphatic heterocycles. The van der Waals surface area contributed by atoms with Gasteiger partial charge < -0.3 is 4.74 Å². The van der Waals surface area contributed by atoms with E-state index in [2.05, 4.69) is 6.92 Å².